The van der Waals surface area contributed by atoms with E-state index in [9.17, 15) is 18.8 Å². The zero-order chi connectivity index (χ0) is 23.6. The zero-order valence-electron chi connectivity index (χ0n) is 18.2. The molecule has 0 radical (unpaired) electrons. The quantitative estimate of drug-likeness (QED) is 0.611. The van der Waals surface area contributed by atoms with Gasteiger partial charge in [0.1, 0.15) is 11.2 Å². The molecule has 3 aromatic rings. The van der Waals surface area contributed by atoms with Crippen LogP contribution in [0, 0.1) is 11.7 Å². The number of rotatable bonds is 3. The Hall–Kier alpha value is -4.13. The fraction of sp³-hybridized carbons (Fsp3) is 0.185. The van der Waals surface area contributed by atoms with Crippen LogP contribution in [-0.4, -0.2) is 34.5 Å². The molecule has 4 heterocycles. The summed E-state index contributed by atoms with van der Waals surface area (Å²) in [4.78, 5) is 47.1. The van der Waals surface area contributed by atoms with Crippen molar-refractivity contribution >= 4 is 34.9 Å². The van der Waals surface area contributed by atoms with Crippen LogP contribution in [0.2, 0.25) is 0 Å². The molecule has 1 fully saturated rings. The van der Waals surface area contributed by atoms with Gasteiger partial charge in [0.2, 0.25) is 5.91 Å². The van der Waals surface area contributed by atoms with Crippen molar-refractivity contribution in [2.75, 3.05) is 10.2 Å². The highest BCUT2D eigenvalue weighted by Gasteiger charge is 2.69. The first-order valence-corrected chi connectivity index (χ1v) is 11.1. The molecule has 0 saturated carbocycles. The van der Waals surface area contributed by atoms with Crippen LogP contribution < -0.4 is 10.2 Å². The van der Waals surface area contributed by atoms with Crippen LogP contribution in [-0.2, 0) is 15.0 Å². The Labute approximate surface area is 195 Å². The maximum absolute atomic E-state index is 14.1. The minimum Gasteiger partial charge on any atom is -0.352 e. The minimum atomic E-state index is -1.34. The maximum Gasteiger partial charge on any atom is 0.238 e. The van der Waals surface area contributed by atoms with Crippen LogP contribution in [0.4, 0.5) is 15.8 Å². The molecular weight excluding hydrogens is 433 g/mol. The molecule has 6 nitrogen and oxygen atoms in total. The monoisotopic (exact) mass is 453 g/mol. The second-order valence-corrected chi connectivity index (χ2v) is 8.92. The number of nitrogens with zero attached hydrogens (tertiary/aromatic N) is 2. The number of hydrogen-bond donors (Lipinski definition) is 1. The van der Waals surface area contributed by atoms with Crippen molar-refractivity contribution in [1.82, 2.24) is 4.98 Å². The average molecular weight is 453 g/mol. The molecule has 6 rings (SSSR count). The van der Waals surface area contributed by atoms with Crippen LogP contribution in [0.25, 0.3) is 6.08 Å². The van der Waals surface area contributed by atoms with E-state index < -0.39 is 29.2 Å². The number of para-hydroxylation sites is 1. The molecule has 1 spiro atoms. The number of aromatic nitrogens is 1. The van der Waals surface area contributed by atoms with Gasteiger partial charge in [-0.3, -0.25) is 19.4 Å². The SMILES string of the molecule is CC(=O)[C@@H]1[C@H](C(=O)c2cccnc2)[C@@]2(C(=O)Nc3ccccc32)[C@@H]2C=Cc3cc(F)ccc3N12. The van der Waals surface area contributed by atoms with Gasteiger partial charge in [0.15, 0.2) is 11.6 Å². The predicted octanol–water partition coefficient (Wildman–Crippen LogP) is 3.78. The Morgan fingerprint density at radius 2 is 1.94 bits per heavy atom. The summed E-state index contributed by atoms with van der Waals surface area (Å²) in [5.41, 5.74) is 1.50. The molecule has 0 unspecified atom stereocenters. The molecule has 1 saturated heterocycles. The summed E-state index contributed by atoms with van der Waals surface area (Å²) >= 11 is 0. The van der Waals surface area contributed by atoms with Crippen molar-refractivity contribution in [3.8, 4) is 0 Å². The number of amides is 1. The third kappa shape index (κ3) is 2.55. The number of Topliss-reactive ketones (excluding diaryl/α,β-unsaturated/α-hetero) is 2. The van der Waals surface area contributed by atoms with Gasteiger partial charge in [0.25, 0.3) is 0 Å². The fourth-order valence-electron chi connectivity index (χ4n) is 5.99. The summed E-state index contributed by atoms with van der Waals surface area (Å²) in [5.74, 6) is -2.31. The number of halogens is 1. The van der Waals surface area contributed by atoms with Gasteiger partial charge in [0, 0.05) is 34.9 Å². The molecule has 7 heteroatoms. The number of ketones is 2. The summed E-state index contributed by atoms with van der Waals surface area (Å²) < 4.78 is 14.0. The summed E-state index contributed by atoms with van der Waals surface area (Å²) in [6.45, 7) is 1.44. The summed E-state index contributed by atoms with van der Waals surface area (Å²) in [5, 5.41) is 2.95. The van der Waals surface area contributed by atoms with Gasteiger partial charge in [-0.15, -0.1) is 0 Å². The molecule has 4 atom stereocenters. The van der Waals surface area contributed by atoms with E-state index in [0.29, 0.717) is 28.1 Å². The lowest BCUT2D eigenvalue weighted by molar-refractivity contribution is -0.122. The highest BCUT2D eigenvalue weighted by molar-refractivity contribution is 6.16. The van der Waals surface area contributed by atoms with Gasteiger partial charge < -0.3 is 10.2 Å². The minimum absolute atomic E-state index is 0.244. The normalized spacial score (nSPS) is 26.1. The number of carbonyl (C=O) groups excluding carboxylic acids is 3. The zero-order valence-corrected chi connectivity index (χ0v) is 18.2. The van der Waals surface area contributed by atoms with Gasteiger partial charge in [-0.2, -0.15) is 0 Å². The van der Waals surface area contributed by atoms with Crippen LogP contribution in [0.1, 0.15) is 28.4 Å². The van der Waals surface area contributed by atoms with Gasteiger partial charge in [-0.05, 0) is 48.9 Å². The predicted molar refractivity (Wildman–Crippen MR) is 125 cm³/mol. The van der Waals surface area contributed by atoms with E-state index in [1.54, 1.807) is 36.5 Å². The molecule has 1 aromatic heterocycles. The van der Waals surface area contributed by atoms with Gasteiger partial charge >= 0.3 is 0 Å². The van der Waals surface area contributed by atoms with Gasteiger partial charge in [0.05, 0.1) is 18.0 Å². The fourth-order valence-corrected chi connectivity index (χ4v) is 5.99. The van der Waals surface area contributed by atoms with Crippen molar-refractivity contribution in [2.45, 2.75) is 24.4 Å². The van der Waals surface area contributed by atoms with E-state index in [2.05, 4.69) is 10.3 Å². The van der Waals surface area contributed by atoms with Crippen molar-refractivity contribution in [3.63, 3.8) is 0 Å². The number of nitrogens with one attached hydrogen (secondary N) is 1. The van der Waals surface area contributed by atoms with Gasteiger partial charge in [-0.1, -0.05) is 30.4 Å². The summed E-state index contributed by atoms with van der Waals surface area (Å²) in [6, 6.07) is 13.4. The number of anilines is 2. The molecular formula is C27H20FN3O3. The average Bonchev–Trinajstić information content (AvgIpc) is 3.32. The Bertz CT molecular complexity index is 1400. The third-order valence-corrected chi connectivity index (χ3v) is 7.24. The lowest BCUT2D eigenvalue weighted by Crippen LogP contribution is -2.51. The Kier molecular flexibility index (Phi) is 4.33. The molecule has 3 aliphatic heterocycles. The van der Waals surface area contributed by atoms with E-state index in [0.717, 1.165) is 0 Å². The number of carbonyl (C=O) groups is 3. The van der Waals surface area contributed by atoms with Crippen LogP contribution in [0.15, 0.2) is 73.1 Å². The second kappa shape index (κ2) is 7.18. The van der Waals surface area contributed by atoms with Crippen molar-refractivity contribution in [2.24, 2.45) is 5.92 Å². The first-order valence-electron chi connectivity index (χ1n) is 11.1. The largest absolute Gasteiger partial charge is 0.352 e. The van der Waals surface area contributed by atoms with Crippen LogP contribution in [0.5, 0.6) is 0 Å². The summed E-state index contributed by atoms with van der Waals surface area (Å²) in [7, 11) is 0. The van der Waals surface area contributed by atoms with E-state index in [-0.39, 0.29) is 17.5 Å². The molecule has 2 aromatic carbocycles. The van der Waals surface area contributed by atoms with Crippen molar-refractivity contribution in [1.29, 1.82) is 0 Å². The molecule has 1 N–H and O–H groups in total. The topological polar surface area (TPSA) is 79.4 Å². The summed E-state index contributed by atoms with van der Waals surface area (Å²) in [6.07, 6.45) is 6.61. The molecule has 0 bridgehead atoms. The lowest BCUT2D eigenvalue weighted by Gasteiger charge is -2.37. The molecule has 3 aliphatic rings. The third-order valence-electron chi connectivity index (χ3n) is 7.24. The van der Waals surface area contributed by atoms with E-state index >= 15 is 0 Å². The maximum atomic E-state index is 14.1. The van der Waals surface area contributed by atoms with Gasteiger partial charge in [-0.25, -0.2) is 4.39 Å². The van der Waals surface area contributed by atoms with E-state index in [1.165, 1.54) is 25.3 Å². The van der Waals surface area contributed by atoms with Crippen molar-refractivity contribution in [3.05, 3.63) is 95.6 Å². The number of hydrogen-bond acceptors (Lipinski definition) is 5. The van der Waals surface area contributed by atoms with Crippen molar-refractivity contribution < 1.29 is 18.8 Å². The number of benzene rings is 2. The number of pyridine rings is 1. The lowest BCUT2D eigenvalue weighted by atomic mass is 9.64. The van der Waals surface area contributed by atoms with Crippen LogP contribution in [0.3, 0.4) is 0 Å². The highest BCUT2D eigenvalue weighted by atomic mass is 19.1. The Balaban J connectivity index is 1.67. The molecule has 0 aliphatic carbocycles. The number of fused-ring (bicyclic) bond motifs is 6. The van der Waals surface area contributed by atoms with E-state index in [1.807, 2.05) is 29.2 Å². The molecule has 34 heavy (non-hydrogen) atoms. The standard InChI is InChI=1S/C27H20FN3O3/c1-15(32)24-23(25(33)17-5-4-12-29-14-17)27(19-6-2-3-7-20(19)30-26(27)34)22-11-8-16-13-18(28)9-10-21(16)31(22)24/h2-14,22-24H,1H3,(H,30,34)/t22-,23+,24+,27-/m0/s1. The first-order chi connectivity index (χ1) is 16.4. The highest BCUT2D eigenvalue weighted by Crippen LogP contribution is 2.57. The Morgan fingerprint density at radius 1 is 1.12 bits per heavy atom. The second-order valence-electron chi connectivity index (χ2n) is 8.92. The Morgan fingerprint density at radius 3 is 2.71 bits per heavy atom. The molecule has 168 valence electrons. The first kappa shape index (κ1) is 20.5. The van der Waals surface area contributed by atoms with E-state index in [4.69, 9.17) is 0 Å². The van der Waals surface area contributed by atoms with Crippen LogP contribution >= 0.6 is 0 Å². The smallest absolute Gasteiger partial charge is 0.238 e. The molecule has 1 amide bonds.